The number of likely N-dealkylation sites (tertiary alicyclic amines) is 1. The molecule has 3 rings (SSSR count). The van der Waals surface area contributed by atoms with E-state index in [4.69, 9.17) is 19.1 Å². The highest BCUT2D eigenvalue weighted by Gasteiger charge is 2.50. The van der Waals surface area contributed by atoms with Crippen LogP contribution >= 0.6 is 0 Å². The Bertz CT molecular complexity index is 739. The maximum absolute atomic E-state index is 14.9. The SMILES string of the molecule is CCOC(=O)c1cc(COC(=O)NC[C@]2(F)C[C@H]3CN(C(=O)O)C[C@H]3C2)on1. The summed E-state index contributed by atoms with van der Waals surface area (Å²) in [4.78, 5) is 35.6. The number of carbonyl (C=O) groups is 3. The minimum atomic E-state index is -1.58. The second kappa shape index (κ2) is 8.03. The number of hydrogen-bond donors (Lipinski definition) is 2. The summed E-state index contributed by atoms with van der Waals surface area (Å²) in [6.45, 7) is 2.02. The molecule has 11 heteroatoms. The molecule has 0 spiro atoms. The van der Waals surface area contributed by atoms with Crippen molar-refractivity contribution in [1.29, 1.82) is 0 Å². The highest BCUT2D eigenvalue weighted by atomic mass is 19.1. The summed E-state index contributed by atoms with van der Waals surface area (Å²) in [6.07, 6.45) is -1.41. The van der Waals surface area contributed by atoms with Crippen molar-refractivity contribution in [3.05, 3.63) is 17.5 Å². The summed E-state index contributed by atoms with van der Waals surface area (Å²) < 4.78 is 29.5. The molecule has 154 valence electrons. The molecule has 2 amide bonds. The van der Waals surface area contributed by atoms with Crippen molar-refractivity contribution >= 4 is 18.2 Å². The van der Waals surface area contributed by atoms with Gasteiger partial charge >= 0.3 is 18.2 Å². The van der Waals surface area contributed by atoms with Crippen molar-refractivity contribution in [2.75, 3.05) is 26.2 Å². The predicted octanol–water partition coefficient (Wildman–Crippen LogP) is 1.81. The van der Waals surface area contributed by atoms with Crippen LogP contribution in [0.5, 0.6) is 0 Å². The summed E-state index contributed by atoms with van der Waals surface area (Å²) in [5.74, 6) is -0.560. The number of hydrogen-bond acceptors (Lipinski definition) is 7. The van der Waals surface area contributed by atoms with Gasteiger partial charge in [-0.05, 0) is 31.6 Å². The van der Waals surface area contributed by atoms with Gasteiger partial charge in [-0.3, -0.25) is 0 Å². The zero-order valence-electron chi connectivity index (χ0n) is 15.4. The average molecular weight is 399 g/mol. The van der Waals surface area contributed by atoms with Crippen molar-refractivity contribution in [2.45, 2.75) is 32.0 Å². The first-order valence-electron chi connectivity index (χ1n) is 9.00. The van der Waals surface area contributed by atoms with Gasteiger partial charge in [-0.15, -0.1) is 0 Å². The third-order valence-electron chi connectivity index (χ3n) is 5.04. The Morgan fingerprint density at radius 2 is 2.04 bits per heavy atom. The van der Waals surface area contributed by atoms with Crippen LogP contribution in [0.1, 0.15) is 36.0 Å². The Labute approximate surface area is 159 Å². The Balaban J connectivity index is 1.40. The van der Waals surface area contributed by atoms with Crippen LogP contribution < -0.4 is 5.32 Å². The smallest absolute Gasteiger partial charge is 0.407 e. The minimum Gasteiger partial charge on any atom is -0.465 e. The lowest BCUT2D eigenvalue weighted by atomic mass is 10.0. The minimum absolute atomic E-state index is 0.0310. The summed E-state index contributed by atoms with van der Waals surface area (Å²) in [7, 11) is 0. The zero-order valence-corrected chi connectivity index (χ0v) is 15.4. The monoisotopic (exact) mass is 399 g/mol. The second-order valence-corrected chi connectivity index (χ2v) is 7.10. The number of aromatic nitrogens is 1. The molecule has 2 aliphatic rings. The number of carbonyl (C=O) groups excluding carboxylic acids is 2. The van der Waals surface area contributed by atoms with Crippen LogP contribution in [0.3, 0.4) is 0 Å². The second-order valence-electron chi connectivity index (χ2n) is 7.10. The number of amides is 2. The fraction of sp³-hybridized carbons (Fsp3) is 0.647. The van der Waals surface area contributed by atoms with Gasteiger partial charge in [-0.2, -0.15) is 0 Å². The van der Waals surface area contributed by atoms with Gasteiger partial charge in [-0.1, -0.05) is 5.16 Å². The number of nitrogens with zero attached hydrogens (tertiary/aromatic N) is 2. The number of rotatable bonds is 6. The summed E-state index contributed by atoms with van der Waals surface area (Å²) >= 11 is 0. The van der Waals surface area contributed by atoms with Crippen molar-refractivity contribution in [3.63, 3.8) is 0 Å². The highest BCUT2D eigenvalue weighted by Crippen LogP contribution is 2.45. The third kappa shape index (κ3) is 4.52. The molecule has 1 aliphatic heterocycles. The van der Waals surface area contributed by atoms with Crippen molar-refractivity contribution < 1.29 is 37.9 Å². The Morgan fingerprint density at radius 1 is 1.36 bits per heavy atom. The topological polar surface area (TPSA) is 131 Å². The Hall–Kier alpha value is -2.85. The van der Waals surface area contributed by atoms with Crippen molar-refractivity contribution in [2.24, 2.45) is 11.8 Å². The van der Waals surface area contributed by atoms with Gasteiger partial charge in [0, 0.05) is 19.2 Å². The van der Waals surface area contributed by atoms with Crippen LogP contribution in [0.25, 0.3) is 0 Å². The number of nitrogens with one attached hydrogen (secondary N) is 1. The number of carboxylic acid groups (broad SMARTS) is 1. The first-order valence-corrected chi connectivity index (χ1v) is 9.00. The first-order chi connectivity index (χ1) is 13.3. The van der Waals surface area contributed by atoms with E-state index in [1.54, 1.807) is 6.92 Å². The molecule has 0 unspecified atom stereocenters. The van der Waals surface area contributed by atoms with E-state index < -0.39 is 23.8 Å². The third-order valence-corrected chi connectivity index (χ3v) is 5.04. The number of ether oxygens (including phenoxy) is 2. The first kappa shape index (κ1) is 19.9. The van der Waals surface area contributed by atoms with Gasteiger partial charge in [0.1, 0.15) is 5.67 Å². The number of alkyl carbamates (subject to hydrolysis) is 1. The van der Waals surface area contributed by atoms with Gasteiger partial charge < -0.3 is 29.3 Å². The molecule has 2 fully saturated rings. The van der Waals surface area contributed by atoms with E-state index in [2.05, 4.69) is 10.5 Å². The molecule has 0 radical (unpaired) electrons. The summed E-state index contributed by atoms with van der Waals surface area (Å²) in [5.41, 5.74) is -1.61. The van der Waals surface area contributed by atoms with Gasteiger partial charge in [-0.25, -0.2) is 18.8 Å². The van der Waals surface area contributed by atoms with Crippen molar-refractivity contribution in [3.8, 4) is 0 Å². The van der Waals surface area contributed by atoms with Crippen LogP contribution in [0.15, 0.2) is 10.6 Å². The van der Waals surface area contributed by atoms with E-state index in [9.17, 15) is 18.8 Å². The molecule has 1 aromatic heterocycles. The Kier molecular flexibility index (Phi) is 5.71. The molecular weight excluding hydrogens is 377 g/mol. The van der Waals surface area contributed by atoms with Crippen LogP contribution in [0.4, 0.5) is 14.0 Å². The molecule has 0 bridgehead atoms. The van der Waals surface area contributed by atoms with Crippen LogP contribution in [-0.2, 0) is 16.1 Å². The molecule has 1 aliphatic carbocycles. The van der Waals surface area contributed by atoms with Gasteiger partial charge in [0.05, 0.1) is 13.2 Å². The number of fused-ring (bicyclic) bond motifs is 1. The zero-order chi connectivity index (χ0) is 20.3. The molecule has 3 atom stereocenters. The molecular formula is C17H22FN3O7. The van der Waals surface area contributed by atoms with Gasteiger partial charge in [0.25, 0.3) is 0 Å². The fourth-order valence-electron chi connectivity index (χ4n) is 3.83. The lowest BCUT2D eigenvalue weighted by Gasteiger charge is -2.22. The molecule has 1 saturated heterocycles. The molecule has 28 heavy (non-hydrogen) atoms. The van der Waals surface area contributed by atoms with Crippen molar-refractivity contribution in [1.82, 2.24) is 15.4 Å². The molecule has 1 saturated carbocycles. The highest BCUT2D eigenvalue weighted by molar-refractivity contribution is 5.87. The summed E-state index contributed by atoms with van der Waals surface area (Å²) in [6, 6.07) is 1.30. The van der Waals surface area contributed by atoms with E-state index in [1.807, 2.05) is 0 Å². The van der Waals surface area contributed by atoms with E-state index in [-0.39, 0.29) is 55.9 Å². The van der Waals surface area contributed by atoms with Crippen LogP contribution in [-0.4, -0.2) is 65.2 Å². The molecule has 1 aromatic rings. The van der Waals surface area contributed by atoms with E-state index in [1.165, 1.54) is 11.0 Å². The molecule has 2 heterocycles. The lowest BCUT2D eigenvalue weighted by molar-refractivity contribution is 0.0514. The number of halogens is 1. The maximum Gasteiger partial charge on any atom is 0.407 e. The average Bonchev–Trinajstić information content (AvgIpc) is 3.32. The number of esters is 1. The fourth-order valence-corrected chi connectivity index (χ4v) is 3.83. The summed E-state index contributed by atoms with van der Waals surface area (Å²) in [5, 5.41) is 14.9. The molecule has 2 N–H and O–H groups in total. The van der Waals surface area contributed by atoms with Gasteiger partial charge in [0.2, 0.25) is 0 Å². The Morgan fingerprint density at radius 3 is 2.64 bits per heavy atom. The van der Waals surface area contributed by atoms with Gasteiger partial charge in [0.15, 0.2) is 18.1 Å². The predicted molar refractivity (Wildman–Crippen MR) is 90.3 cm³/mol. The van der Waals surface area contributed by atoms with E-state index in [0.717, 1.165) is 0 Å². The normalized spacial score (nSPS) is 26.0. The molecule has 0 aromatic carbocycles. The standard InChI is InChI=1S/C17H22FN3O7/c1-2-26-14(22)13-3-12(28-20-13)8-27-15(23)19-9-17(18)4-10-6-21(16(24)25)7-11(10)5-17/h3,10-11H,2,4-9H2,1H3,(H,19,23)(H,24,25)/t10-,11+,17-. The quantitative estimate of drug-likeness (QED) is 0.693. The van der Waals surface area contributed by atoms with Crippen LogP contribution in [0.2, 0.25) is 0 Å². The van der Waals surface area contributed by atoms with Crippen LogP contribution in [0, 0.1) is 11.8 Å². The maximum atomic E-state index is 14.9. The number of alkyl halides is 1. The molecule has 10 nitrogen and oxygen atoms in total. The lowest BCUT2D eigenvalue weighted by Crippen LogP contribution is -2.40. The van der Waals surface area contributed by atoms with E-state index in [0.29, 0.717) is 13.1 Å². The van der Waals surface area contributed by atoms with E-state index >= 15 is 0 Å². The largest absolute Gasteiger partial charge is 0.465 e.